The Morgan fingerprint density at radius 1 is 1.03 bits per heavy atom. The quantitative estimate of drug-likeness (QED) is 0.492. The molecular formula is C23H19N3O2S. The van der Waals surface area contributed by atoms with E-state index >= 15 is 0 Å². The number of fused-ring (bicyclic) bond motifs is 1. The van der Waals surface area contributed by atoms with Crippen LogP contribution in [0.2, 0.25) is 0 Å². The smallest absolute Gasteiger partial charge is 0.258 e. The Morgan fingerprint density at radius 3 is 2.62 bits per heavy atom. The minimum Gasteiger partial charge on any atom is -0.327 e. The molecule has 4 rings (SSSR count). The number of aromatic amines is 1. The third-order valence-electron chi connectivity index (χ3n) is 4.49. The Hall–Kier alpha value is -3.51. The number of H-pyrrole nitrogens is 1. The van der Waals surface area contributed by atoms with E-state index in [1.807, 2.05) is 53.2 Å². The van der Waals surface area contributed by atoms with Crippen LogP contribution in [0.15, 0.2) is 82.3 Å². The van der Waals surface area contributed by atoms with Gasteiger partial charge in [0.15, 0.2) is 0 Å². The summed E-state index contributed by atoms with van der Waals surface area (Å²) < 4.78 is 0. The highest BCUT2D eigenvalue weighted by molar-refractivity contribution is 7.08. The first kappa shape index (κ1) is 18.8. The van der Waals surface area contributed by atoms with E-state index in [9.17, 15) is 9.59 Å². The van der Waals surface area contributed by atoms with E-state index in [-0.39, 0.29) is 18.0 Å². The van der Waals surface area contributed by atoms with Crippen LogP contribution in [0.3, 0.4) is 0 Å². The van der Waals surface area contributed by atoms with E-state index in [2.05, 4.69) is 9.97 Å². The number of hydrogen-bond acceptors (Lipinski definition) is 4. The molecule has 0 aliphatic rings. The number of nitrogens with one attached hydrogen (secondary N) is 1. The highest BCUT2D eigenvalue weighted by Gasteiger charge is 2.14. The molecule has 2 heterocycles. The zero-order valence-corrected chi connectivity index (χ0v) is 16.4. The summed E-state index contributed by atoms with van der Waals surface area (Å²) in [5.74, 6) is 0.317. The maximum Gasteiger partial charge on any atom is 0.258 e. The number of carbonyl (C=O) groups excluding carboxylic acids is 1. The lowest BCUT2D eigenvalue weighted by Gasteiger charge is -2.21. The van der Waals surface area contributed by atoms with Crippen molar-refractivity contribution in [1.82, 2.24) is 14.9 Å². The zero-order valence-electron chi connectivity index (χ0n) is 15.6. The van der Waals surface area contributed by atoms with Crippen LogP contribution in [0.4, 0.5) is 0 Å². The predicted molar refractivity (Wildman–Crippen MR) is 116 cm³/mol. The molecule has 0 saturated heterocycles. The molecule has 0 saturated carbocycles. The van der Waals surface area contributed by atoms with E-state index < -0.39 is 0 Å². The summed E-state index contributed by atoms with van der Waals surface area (Å²) in [6.07, 6.45) is 3.36. The molecule has 4 aromatic rings. The second kappa shape index (κ2) is 8.67. The number of carbonyl (C=O) groups is 1. The first-order valence-corrected chi connectivity index (χ1v) is 10.1. The molecule has 0 aliphatic heterocycles. The molecule has 0 unspecified atom stereocenters. The maximum atomic E-state index is 12.9. The molecule has 0 spiro atoms. The van der Waals surface area contributed by atoms with Gasteiger partial charge in [-0.2, -0.15) is 11.3 Å². The molecular weight excluding hydrogens is 382 g/mol. The van der Waals surface area contributed by atoms with Crippen LogP contribution in [-0.4, -0.2) is 20.8 Å². The lowest BCUT2D eigenvalue weighted by molar-refractivity contribution is -0.127. The number of rotatable bonds is 6. The average Bonchev–Trinajstić information content (AvgIpc) is 3.26. The van der Waals surface area contributed by atoms with Gasteiger partial charge in [0.1, 0.15) is 5.82 Å². The SMILES string of the molecule is O=C(/C=C/c1ccsc1)N(Cc1ccccc1)Cc1nc2ccccc2c(=O)[nH]1. The Balaban J connectivity index is 1.62. The normalized spacial score (nSPS) is 11.2. The molecule has 1 N–H and O–H groups in total. The Bertz CT molecular complexity index is 1200. The Labute approximate surface area is 172 Å². The highest BCUT2D eigenvalue weighted by Crippen LogP contribution is 2.13. The van der Waals surface area contributed by atoms with Gasteiger partial charge in [-0.05, 0) is 46.2 Å². The summed E-state index contributed by atoms with van der Waals surface area (Å²) in [5, 5.41) is 4.48. The second-order valence-corrected chi connectivity index (χ2v) is 7.38. The number of benzene rings is 2. The number of hydrogen-bond donors (Lipinski definition) is 1. The summed E-state index contributed by atoms with van der Waals surface area (Å²) in [7, 11) is 0. The number of nitrogens with zero attached hydrogens (tertiary/aromatic N) is 2. The molecule has 2 aromatic carbocycles. The van der Waals surface area contributed by atoms with Gasteiger partial charge in [-0.15, -0.1) is 0 Å². The minimum absolute atomic E-state index is 0.143. The van der Waals surface area contributed by atoms with Crippen molar-refractivity contribution in [2.45, 2.75) is 13.1 Å². The summed E-state index contributed by atoms with van der Waals surface area (Å²) >= 11 is 1.58. The Morgan fingerprint density at radius 2 is 1.83 bits per heavy atom. The van der Waals surface area contributed by atoms with Gasteiger partial charge in [0.05, 0.1) is 17.4 Å². The lowest BCUT2D eigenvalue weighted by atomic mass is 10.2. The van der Waals surface area contributed by atoms with Crippen molar-refractivity contribution in [3.8, 4) is 0 Å². The number of amides is 1. The predicted octanol–water partition coefficient (Wildman–Crippen LogP) is 4.23. The van der Waals surface area contributed by atoms with Crippen LogP contribution < -0.4 is 5.56 Å². The van der Waals surface area contributed by atoms with Gasteiger partial charge in [0, 0.05) is 12.6 Å². The van der Waals surface area contributed by atoms with Gasteiger partial charge < -0.3 is 9.88 Å². The highest BCUT2D eigenvalue weighted by atomic mass is 32.1. The van der Waals surface area contributed by atoms with Crippen molar-refractivity contribution in [3.63, 3.8) is 0 Å². The molecule has 6 heteroatoms. The van der Waals surface area contributed by atoms with Crippen molar-refractivity contribution >= 4 is 34.2 Å². The van der Waals surface area contributed by atoms with E-state index in [0.717, 1.165) is 11.1 Å². The largest absolute Gasteiger partial charge is 0.327 e. The summed E-state index contributed by atoms with van der Waals surface area (Å²) in [6, 6.07) is 18.9. The van der Waals surface area contributed by atoms with E-state index in [1.165, 1.54) is 0 Å². The third-order valence-corrected chi connectivity index (χ3v) is 5.19. The lowest BCUT2D eigenvalue weighted by Crippen LogP contribution is -2.30. The first-order chi connectivity index (χ1) is 14.2. The summed E-state index contributed by atoms with van der Waals surface area (Å²) in [4.78, 5) is 34.3. The van der Waals surface area contributed by atoms with Crippen molar-refractivity contribution in [2.24, 2.45) is 0 Å². The van der Waals surface area contributed by atoms with Crippen molar-refractivity contribution in [3.05, 3.63) is 105 Å². The molecule has 5 nitrogen and oxygen atoms in total. The molecule has 0 bridgehead atoms. The molecule has 2 aromatic heterocycles. The zero-order chi connectivity index (χ0) is 20.1. The second-order valence-electron chi connectivity index (χ2n) is 6.60. The standard InChI is InChI=1S/C23H19N3O2S/c27-22(11-10-18-12-13-29-16-18)26(14-17-6-2-1-3-7-17)15-21-24-20-9-5-4-8-19(20)23(28)25-21/h1-13,16H,14-15H2,(H,24,25,28)/b11-10+. The molecule has 144 valence electrons. The molecule has 29 heavy (non-hydrogen) atoms. The van der Waals surface area contributed by atoms with Crippen molar-refractivity contribution in [2.75, 3.05) is 0 Å². The Kier molecular flexibility index (Phi) is 5.63. The fourth-order valence-electron chi connectivity index (χ4n) is 3.05. The number of thiophene rings is 1. The molecule has 0 aliphatic carbocycles. The maximum absolute atomic E-state index is 12.9. The van der Waals surface area contributed by atoms with Gasteiger partial charge in [0.2, 0.25) is 5.91 Å². The third kappa shape index (κ3) is 4.67. The van der Waals surface area contributed by atoms with Crippen LogP contribution in [0.1, 0.15) is 17.0 Å². The van der Waals surface area contributed by atoms with Gasteiger partial charge in [0.25, 0.3) is 5.56 Å². The van der Waals surface area contributed by atoms with Gasteiger partial charge in [-0.25, -0.2) is 4.98 Å². The van der Waals surface area contributed by atoms with Crippen LogP contribution >= 0.6 is 11.3 Å². The van der Waals surface area contributed by atoms with E-state index in [1.54, 1.807) is 46.6 Å². The molecule has 0 radical (unpaired) electrons. The minimum atomic E-state index is -0.202. The van der Waals surface area contributed by atoms with Crippen molar-refractivity contribution < 1.29 is 4.79 Å². The monoisotopic (exact) mass is 401 g/mol. The fraction of sp³-hybridized carbons (Fsp3) is 0.0870. The van der Waals surface area contributed by atoms with E-state index in [4.69, 9.17) is 0 Å². The van der Waals surface area contributed by atoms with Crippen LogP contribution in [-0.2, 0) is 17.9 Å². The van der Waals surface area contributed by atoms with Crippen LogP contribution in [0.5, 0.6) is 0 Å². The number of aromatic nitrogens is 2. The molecule has 0 atom stereocenters. The topological polar surface area (TPSA) is 66.1 Å². The van der Waals surface area contributed by atoms with Gasteiger partial charge in [-0.3, -0.25) is 9.59 Å². The van der Waals surface area contributed by atoms with Gasteiger partial charge in [-0.1, -0.05) is 42.5 Å². The summed E-state index contributed by atoms with van der Waals surface area (Å²) in [5.41, 5.74) is 2.41. The summed E-state index contributed by atoms with van der Waals surface area (Å²) in [6.45, 7) is 0.631. The van der Waals surface area contributed by atoms with Crippen LogP contribution in [0, 0.1) is 0 Å². The average molecular weight is 401 g/mol. The fourth-order valence-corrected chi connectivity index (χ4v) is 3.68. The number of para-hydroxylation sites is 1. The molecule has 1 amide bonds. The first-order valence-electron chi connectivity index (χ1n) is 9.20. The molecule has 0 fully saturated rings. The van der Waals surface area contributed by atoms with E-state index in [0.29, 0.717) is 23.3 Å². The van der Waals surface area contributed by atoms with Crippen LogP contribution in [0.25, 0.3) is 17.0 Å². The van der Waals surface area contributed by atoms with Gasteiger partial charge >= 0.3 is 0 Å². The van der Waals surface area contributed by atoms with Crippen molar-refractivity contribution in [1.29, 1.82) is 0 Å².